The molecule has 17 heteroatoms. The summed E-state index contributed by atoms with van der Waals surface area (Å²) < 4.78 is 54.2. The summed E-state index contributed by atoms with van der Waals surface area (Å²) in [6.07, 6.45) is 5.37. The average molecular weight is 683 g/mol. The molecule has 3 aliphatic rings. The molecule has 2 bridgehead atoms. The Morgan fingerprint density at radius 3 is 2.24 bits per heavy atom. The van der Waals surface area contributed by atoms with E-state index in [0.717, 1.165) is 38.2 Å². The second-order valence-corrected chi connectivity index (χ2v) is 12.0. The van der Waals surface area contributed by atoms with Gasteiger partial charge in [0.15, 0.2) is 6.61 Å². The number of phosphoric ester groups is 1. The van der Waals surface area contributed by atoms with Gasteiger partial charge in [0.05, 0.1) is 16.7 Å². The average Bonchev–Trinajstić information content (AvgIpc) is 2.97. The molecule has 3 aliphatic carbocycles. The maximum atomic E-state index is 13.5. The molecule has 45 heavy (non-hydrogen) atoms. The number of benzene rings is 2. The second kappa shape index (κ2) is 18.6. The number of halogens is 3. The number of phenolic OH excluding ortho intramolecular Hbond substituents is 1. The molecule has 6 N–H and O–H groups in total. The molecule has 2 amide bonds. The lowest BCUT2D eigenvalue weighted by Gasteiger charge is -2.56. The van der Waals surface area contributed by atoms with Crippen LogP contribution in [0, 0.1) is 24.0 Å². The number of phenols is 1. The van der Waals surface area contributed by atoms with Gasteiger partial charge in [0, 0.05) is 19.2 Å². The Labute approximate surface area is 264 Å². The number of ether oxygens (including phenoxy) is 3. The minimum Gasteiger partial charge on any atom is -0.508 e. The Kier molecular flexibility index (Phi) is 16.4. The largest absolute Gasteiger partial charge is 0.508 e. The molecule has 0 aliphatic heterocycles. The fourth-order valence-electron chi connectivity index (χ4n) is 4.72. The minimum atomic E-state index is -4.48. The van der Waals surface area contributed by atoms with Crippen molar-refractivity contribution in [1.29, 1.82) is 0 Å². The number of primary amides is 1. The van der Waals surface area contributed by atoms with Crippen molar-refractivity contribution in [2.75, 3.05) is 20.5 Å². The van der Waals surface area contributed by atoms with E-state index in [-0.39, 0.29) is 53.6 Å². The van der Waals surface area contributed by atoms with Crippen LogP contribution in [0.25, 0.3) is 0 Å². The molecule has 2 aromatic rings. The third kappa shape index (κ3) is 14.1. The zero-order valence-corrected chi connectivity index (χ0v) is 26.6. The molecule has 0 heterocycles. The highest BCUT2D eigenvalue weighted by molar-refractivity contribution is 7.46. The van der Waals surface area contributed by atoms with Gasteiger partial charge in [0.1, 0.15) is 23.1 Å². The molecule has 13 nitrogen and oxygen atoms in total. The lowest BCUT2D eigenvalue weighted by atomic mass is 9.56. The summed E-state index contributed by atoms with van der Waals surface area (Å²) in [5, 5.41) is 11.8. The summed E-state index contributed by atoms with van der Waals surface area (Å²) in [6.45, 7) is 3.18. The normalized spacial score (nSPS) is 21.3. The van der Waals surface area contributed by atoms with Crippen molar-refractivity contribution in [2.45, 2.75) is 57.6 Å². The number of rotatable bonds is 9. The van der Waals surface area contributed by atoms with E-state index in [9.17, 15) is 22.9 Å². The standard InChI is InChI=1S/C19H26FNO3.C6H4ClFO.C2H5O6P.CH3NO/c1-13-4-5-14(10-15(13)20)24-12-17(22)21-19-8-6-18(2,7-9-19)11-16(19)23-3;7-5-2-1-4(9)3-6(5)8;3-1-7-2-8-9(4,5)6;2-1-3/h4-5,10,16H,6-9,11-12H2,1-3H3,(H,21,22);1-3,9H;1H,2H2,(H2,4,5,6);1H,(H2,2,3). The van der Waals surface area contributed by atoms with Crippen LogP contribution in [0.1, 0.15) is 44.6 Å². The van der Waals surface area contributed by atoms with Crippen molar-refractivity contribution < 1.29 is 61.4 Å². The van der Waals surface area contributed by atoms with Gasteiger partial charge in [-0.15, -0.1) is 0 Å². The van der Waals surface area contributed by atoms with Crippen molar-refractivity contribution in [3.63, 3.8) is 0 Å². The van der Waals surface area contributed by atoms with E-state index in [2.05, 4.69) is 27.2 Å². The van der Waals surface area contributed by atoms with Crippen LogP contribution in [0.2, 0.25) is 5.02 Å². The Bertz CT molecular complexity index is 1310. The minimum absolute atomic E-state index is 0.0211. The monoisotopic (exact) mass is 682 g/mol. The lowest BCUT2D eigenvalue weighted by molar-refractivity contribution is -0.137. The van der Waals surface area contributed by atoms with E-state index in [1.54, 1.807) is 26.2 Å². The molecule has 0 radical (unpaired) electrons. The number of carbonyl (C=O) groups excluding carboxylic acids is 3. The van der Waals surface area contributed by atoms with Crippen LogP contribution in [0.3, 0.4) is 0 Å². The van der Waals surface area contributed by atoms with E-state index in [4.69, 9.17) is 40.8 Å². The van der Waals surface area contributed by atoms with Gasteiger partial charge in [-0.2, -0.15) is 0 Å². The number of aryl methyl sites for hydroxylation is 1. The summed E-state index contributed by atoms with van der Waals surface area (Å²) >= 11 is 5.29. The molecule has 3 fully saturated rings. The van der Waals surface area contributed by atoms with Crippen LogP contribution < -0.4 is 15.8 Å². The maximum Gasteiger partial charge on any atom is 0.472 e. The second-order valence-electron chi connectivity index (χ2n) is 10.4. The molecule has 1 atom stereocenters. The number of fused-ring (bicyclic) bond motifs is 3. The van der Waals surface area contributed by atoms with Crippen molar-refractivity contribution in [1.82, 2.24) is 5.32 Å². The number of hydrogen-bond acceptors (Lipinski definition) is 9. The van der Waals surface area contributed by atoms with Crippen molar-refractivity contribution in [3.8, 4) is 11.5 Å². The number of nitrogens with two attached hydrogens (primary N) is 1. The van der Waals surface area contributed by atoms with E-state index in [1.807, 2.05) is 0 Å². The van der Waals surface area contributed by atoms with Gasteiger partial charge in [-0.1, -0.05) is 24.6 Å². The van der Waals surface area contributed by atoms with Crippen LogP contribution in [0.15, 0.2) is 36.4 Å². The highest BCUT2D eigenvalue weighted by Gasteiger charge is 2.53. The van der Waals surface area contributed by atoms with Gasteiger partial charge in [0.25, 0.3) is 12.4 Å². The van der Waals surface area contributed by atoms with Gasteiger partial charge in [-0.25, -0.2) is 17.9 Å². The number of carbonyl (C=O) groups is 3. The van der Waals surface area contributed by atoms with Crippen molar-refractivity contribution >= 4 is 38.2 Å². The van der Waals surface area contributed by atoms with Crippen LogP contribution >= 0.6 is 19.4 Å². The Hall–Kier alpha value is -3.33. The quantitative estimate of drug-likeness (QED) is 0.111. The first-order valence-corrected chi connectivity index (χ1v) is 15.2. The fourth-order valence-corrected chi connectivity index (χ4v) is 5.04. The molecule has 0 aromatic heterocycles. The summed E-state index contributed by atoms with van der Waals surface area (Å²) in [6, 6.07) is 8.21. The highest BCUT2D eigenvalue weighted by atomic mass is 35.5. The van der Waals surface area contributed by atoms with Crippen LogP contribution in [-0.2, 0) is 32.9 Å². The topological polar surface area (TPSA) is 204 Å². The number of hydrogen-bond donors (Lipinski definition) is 5. The summed E-state index contributed by atoms with van der Waals surface area (Å²) in [4.78, 5) is 46.2. The number of nitrogens with one attached hydrogen (secondary N) is 1. The van der Waals surface area contributed by atoms with Gasteiger partial charge >= 0.3 is 7.82 Å². The maximum absolute atomic E-state index is 13.5. The first-order valence-electron chi connectivity index (χ1n) is 13.3. The number of phosphoric acid groups is 1. The number of amides is 2. The molecule has 3 saturated carbocycles. The SMILES string of the molecule is COC1CC2(C)CCC1(NC(=O)COc1ccc(C)c(F)c1)CC2.NC=O.O=COCOP(=O)(O)O.Oc1ccc(Cl)c(F)c1. The van der Waals surface area contributed by atoms with Crippen molar-refractivity contribution in [2.24, 2.45) is 11.1 Å². The molecule has 2 aromatic carbocycles. The lowest BCUT2D eigenvalue weighted by Crippen LogP contribution is -2.65. The summed E-state index contributed by atoms with van der Waals surface area (Å²) in [5.74, 6) is -0.851. The molecule has 1 unspecified atom stereocenters. The zero-order chi connectivity index (χ0) is 34.3. The fraction of sp³-hybridized carbons (Fsp3) is 0.464. The number of methoxy groups -OCH3 is 1. The molecule has 0 spiro atoms. The van der Waals surface area contributed by atoms with Gasteiger partial charge in [-0.05, 0) is 68.2 Å². The Morgan fingerprint density at radius 2 is 1.76 bits per heavy atom. The third-order valence-corrected chi connectivity index (χ3v) is 7.84. The van der Waals surface area contributed by atoms with Crippen LogP contribution in [0.5, 0.6) is 11.5 Å². The Morgan fingerprint density at radius 1 is 1.13 bits per heavy atom. The smallest absolute Gasteiger partial charge is 0.472 e. The Balaban J connectivity index is 0.000000396. The third-order valence-electron chi connectivity index (χ3n) is 7.09. The highest BCUT2D eigenvalue weighted by Crippen LogP contribution is 2.52. The zero-order valence-electron chi connectivity index (χ0n) is 24.9. The molecule has 0 saturated heterocycles. The van der Waals surface area contributed by atoms with Crippen LogP contribution in [0.4, 0.5) is 8.78 Å². The summed E-state index contributed by atoms with van der Waals surface area (Å²) in [5.41, 5.74) is 4.77. The molecule has 252 valence electrons. The van der Waals surface area contributed by atoms with E-state index >= 15 is 0 Å². The van der Waals surface area contributed by atoms with Crippen molar-refractivity contribution in [3.05, 3.63) is 58.6 Å². The summed E-state index contributed by atoms with van der Waals surface area (Å²) in [7, 11) is -2.76. The predicted molar refractivity (Wildman–Crippen MR) is 158 cm³/mol. The van der Waals surface area contributed by atoms with E-state index in [1.165, 1.54) is 18.2 Å². The molecule has 5 rings (SSSR count). The predicted octanol–water partition coefficient (Wildman–Crippen LogP) is 3.88. The van der Waals surface area contributed by atoms with Gasteiger partial charge < -0.3 is 40.2 Å². The molecular weight excluding hydrogens is 645 g/mol. The van der Waals surface area contributed by atoms with E-state index in [0.29, 0.717) is 16.7 Å². The first kappa shape index (κ1) is 39.7. The molecular formula is C28H38ClF2N2O11P. The first-order chi connectivity index (χ1) is 21.0. The van der Waals surface area contributed by atoms with E-state index < -0.39 is 20.4 Å². The van der Waals surface area contributed by atoms with Gasteiger partial charge in [-0.3, -0.25) is 14.4 Å². The van der Waals surface area contributed by atoms with Crippen LogP contribution in [-0.4, -0.2) is 65.8 Å². The number of aromatic hydroxyl groups is 1. The van der Waals surface area contributed by atoms with Gasteiger partial charge in [0.2, 0.25) is 13.2 Å².